The molecule has 0 spiro atoms. The highest BCUT2D eigenvalue weighted by molar-refractivity contribution is 5.63. The van der Waals surface area contributed by atoms with Crippen molar-refractivity contribution in [1.29, 1.82) is 5.26 Å². The first-order chi connectivity index (χ1) is 9.15. The molecule has 2 aromatic carbocycles. The van der Waals surface area contributed by atoms with E-state index in [4.69, 9.17) is 20.5 Å². The van der Waals surface area contributed by atoms with Crippen molar-refractivity contribution in [3.05, 3.63) is 47.8 Å². The Morgan fingerprint density at radius 3 is 2.53 bits per heavy atom. The quantitative estimate of drug-likeness (QED) is 0.859. The molecule has 0 unspecified atom stereocenters. The molecule has 4 nitrogen and oxygen atoms in total. The average molecular weight is 258 g/mol. The van der Waals surface area contributed by atoms with E-state index in [1.165, 1.54) is 19.2 Å². The van der Waals surface area contributed by atoms with E-state index >= 15 is 0 Å². The van der Waals surface area contributed by atoms with Gasteiger partial charge in [0, 0.05) is 0 Å². The zero-order valence-corrected chi connectivity index (χ0v) is 10.2. The first-order valence-corrected chi connectivity index (χ1v) is 5.45. The van der Waals surface area contributed by atoms with E-state index in [0.29, 0.717) is 11.5 Å². The summed E-state index contributed by atoms with van der Waals surface area (Å²) in [5, 5.41) is 8.66. The molecule has 2 rings (SSSR count). The number of methoxy groups -OCH3 is 1. The molecule has 0 saturated carbocycles. The van der Waals surface area contributed by atoms with Crippen LogP contribution in [0.1, 0.15) is 5.56 Å². The van der Waals surface area contributed by atoms with Crippen molar-refractivity contribution in [2.75, 3.05) is 12.8 Å². The van der Waals surface area contributed by atoms with Gasteiger partial charge >= 0.3 is 0 Å². The summed E-state index contributed by atoms with van der Waals surface area (Å²) in [6.45, 7) is 0. The van der Waals surface area contributed by atoms with Gasteiger partial charge in [0.05, 0.1) is 18.7 Å². The zero-order chi connectivity index (χ0) is 13.8. The van der Waals surface area contributed by atoms with Crippen LogP contribution in [0.2, 0.25) is 0 Å². The van der Waals surface area contributed by atoms with Gasteiger partial charge in [0.1, 0.15) is 11.4 Å². The molecule has 0 aliphatic carbocycles. The van der Waals surface area contributed by atoms with Gasteiger partial charge in [-0.05, 0) is 30.3 Å². The van der Waals surface area contributed by atoms with Crippen LogP contribution in [0, 0.1) is 17.1 Å². The largest absolute Gasteiger partial charge is 0.494 e. The number of rotatable bonds is 3. The van der Waals surface area contributed by atoms with E-state index in [-0.39, 0.29) is 17.0 Å². The third-order valence-corrected chi connectivity index (χ3v) is 2.53. The fraction of sp³-hybridized carbons (Fsp3) is 0.0714. The van der Waals surface area contributed by atoms with E-state index < -0.39 is 5.82 Å². The van der Waals surface area contributed by atoms with E-state index in [1.54, 1.807) is 18.2 Å². The molecule has 96 valence electrons. The van der Waals surface area contributed by atoms with Gasteiger partial charge in [-0.2, -0.15) is 5.26 Å². The molecule has 0 amide bonds. The second-order valence-corrected chi connectivity index (χ2v) is 3.73. The van der Waals surface area contributed by atoms with Gasteiger partial charge < -0.3 is 15.2 Å². The maximum atomic E-state index is 13.7. The molecule has 0 heterocycles. The van der Waals surface area contributed by atoms with Gasteiger partial charge in [-0.15, -0.1) is 0 Å². The molecule has 0 fully saturated rings. The minimum absolute atomic E-state index is 0.000969. The molecular weight excluding hydrogens is 247 g/mol. The maximum absolute atomic E-state index is 13.7. The average Bonchev–Trinajstić information content (AvgIpc) is 2.43. The van der Waals surface area contributed by atoms with Crippen molar-refractivity contribution < 1.29 is 13.9 Å². The third kappa shape index (κ3) is 2.58. The molecule has 0 aliphatic heterocycles. The normalized spacial score (nSPS) is 9.74. The van der Waals surface area contributed by atoms with Gasteiger partial charge in [-0.1, -0.05) is 6.07 Å². The second kappa shape index (κ2) is 5.27. The monoisotopic (exact) mass is 258 g/mol. The number of halogens is 1. The summed E-state index contributed by atoms with van der Waals surface area (Å²) >= 11 is 0. The van der Waals surface area contributed by atoms with Crippen LogP contribution in [0.3, 0.4) is 0 Å². The number of nitriles is 1. The fourth-order valence-electron chi connectivity index (χ4n) is 1.56. The van der Waals surface area contributed by atoms with Crippen molar-refractivity contribution in [1.82, 2.24) is 0 Å². The number of nitrogens with zero attached hydrogens (tertiary/aromatic N) is 1. The molecule has 0 saturated heterocycles. The fourth-order valence-corrected chi connectivity index (χ4v) is 1.56. The van der Waals surface area contributed by atoms with Crippen LogP contribution in [-0.2, 0) is 0 Å². The van der Waals surface area contributed by atoms with E-state index in [2.05, 4.69) is 0 Å². The van der Waals surface area contributed by atoms with Gasteiger partial charge in [0.15, 0.2) is 17.3 Å². The highest BCUT2D eigenvalue weighted by Gasteiger charge is 2.10. The highest BCUT2D eigenvalue weighted by atomic mass is 19.1. The Morgan fingerprint density at radius 2 is 1.89 bits per heavy atom. The Balaban J connectivity index is 2.34. The van der Waals surface area contributed by atoms with Crippen molar-refractivity contribution >= 4 is 5.69 Å². The van der Waals surface area contributed by atoms with E-state index in [9.17, 15) is 4.39 Å². The molecular formula is C14H11FN2O2. The topological polar surface area (TPSA) is 68.3 Å². The number of hydrogen-bond donors (Lipinski definition) is 1. The number of para-hydroxylation sites is 1. The molecule has 0 aromatic heterocycles. The Bertz CT molecular complexity index is 650. The van der Waals surface area contributed by atoms with Crippen molar-refractivity contribution in [3.63, 3.8) is 0 Å². The summed E-state index contributed by atoms with van der Waals surface area (Å²) in [4.78, 5) is 0. The minimum Gasteiger partial charge on any atom is -0.494 e. The lowest BCUT2D eigenvalue weighted by Crippen LogP contribution is -1.97. The lowest BCUT2D eigenvalue weighted by Gasteiger charge is -2.11. The van der Waals surface area contributed by atoms with Crippen LogP contribution in [0.4, 0.5) is 10.1 Å². The molecule has 2 N–H and O–H groups in total. The minimum atomic E-state index is -0.624. The molecule has 19 heavy (non-hydrogen) atoms. The standard InChI is InChI=1S/C14H11FN2O2/c1-18-12-3-2-4-13(14(12)17)19-11-6-5-9(8-16)7-10(11)15/h2-7H,17H2,1H3. The Kier molecular flexibility index (Phi) is 3.53. The SMILES string of the molecule is COc1cccc(Oc2ccc(C#N)cc2F)c1N. The number of nitrogens with two attached hydrogens (primary N) is 1. The molecule has 5 heteroatoms. The molecule has 0 aliphatic rings. The molecule has 0 bridgehead atoms. The lowest BCUT2D eigenvalue weighted by atomic mass is 10.2. The smallest absolute Gasteiger partial charge is 0.167 e. The number of benzene rings is 2. The van der Waals surface area contributed by atoms with Crippen LogP contribution < -0.4 is 15.2 Å². The van der Waals surface area contributed by atoms with Crippen LogP contribution in [0.15, 0.2) is 36.4 Å². The van der Waals surface area contributed by atoms with Crippen molar-refractivity contribution in [2.45, 2.75) is 0 Å². The summed E-state index contributed by atoms with van der Waals surface area (Å²) in [6, 6.07) is 10.8. The number of ether oxygens (including phenoxy) is 2. The van der Waals surface area contributed by atoms with E-state index in [1.807, 2.05) is 6.07 Å². The Morgan fingerprint density at radius 1 is 1.16 bits per heavy atom. The van der Waals surface area contributed by atoms with E-state index in [0.717, 1.165) is 6.07 Å². The van der Waals surface area contributed by atoms with Gasteiger partial charge in [0.25, 0.3) is 0 Å². The highest BCUT2D eigenvalue weighted by Crippen LogP contribution is 2.35. The summed E-state index contributed by atoms with van der Waals surface area (Å²) in [6.07, 6.45) is 0. The van der Waals surface area contributed by atoms with Crippen LogP contribution in [-0.4, -0.2) is 7.11 Å². The summed E-state index contributed by atoms with van der Waals surface area (Å²) in [7, 11) is 1.48. The maximum Gasteiger partial charge on any atom is 0.167 e. The van der Waals surface area contributed by atoms with Gasteiger partial charge in [0.2, 0.25) is 0 Å². The third-order valence-electron chi connectivity index (χ3n) is 2.53. The summed E-state index contributed by atoms with van der Waals surface area (Å²) < 4.78 is 24.1. The van der Waals surface area contributed by atoms with Crippen molar-refractivity contribution in [2.24, 2.45) is 0 Å². The first kappa shape index (κ1) is 12.7. The van der Waals surface area contributed by atoms with Gasteiger partial charge in [-0.25, -0.2) is 4.39 Å². The predicted octanol–water partition coefficient (Wildman–Crippen LogP) is 3.08. The van der Waals surface area contributed by atoms with Crippen molar-refractivity contribution in [3.8, 4) is 23.3 Å². The summed E-state index contributed by atoms with van der Waals surface area (Å²) in [5.74, 6) is 0.120. The predicted molar refractivity (Wildman–Crippen MR) is 68.6 cm³/mol. The van der Waals surface area contributed by atoms with Crippen LogP contribution >= 0.6 is 0 Å². The number of anilines is 1. The van der Waals surface area contributed by atoms with Gasteiger partial charge in [-0.3, -0.25) is 0 Å². The molecule has 0 radical (unpaired) electrons. The molecule has 0 atom stereocenters. The summed E-state index contributed by atoms with van der Waals surface area (Å²) in [5.41, 5.74) is 6.33. The molecule has 2 aromatic rings. The second-order valence-electron chi connectivity index (χ2n) is 3.73. The Hall–Kier alpha value is -2.74. The van der Waals surface area contributed by atoms with Crippen LogP contribution in [0.5, 0.6) is 17.2 Å². The lowest BCUT2D eigenvalue weighted by molar-refractivity contribution is 0.408. The zero-order valence-electron chi connectivity index (χ0n) is 10.2. The van der Waals surface area contributed by atoms with Crippen LogP contribution in [0.25, 0.3) is 0 Å². The number of nitrogen functional groups attached to an aromatic ring is 1. The first-order valence-electron chi connectivity index (χ1n) is 5.45. The Labute approximate surface area is 109 Å². The number of hydrogen-bond acceptors (Lipinski definition) is 4.